The molecule has 1 aromatic carbocycles. The largest absolute Gasteiger partial charge is 0.481 e. The standard InChI is InChI=1S/C16H17F3N2O3/c1-16(14(22)23)4-5-21(7-16)15(24)20-10-3-2-8-6-9(17)12(18)13(19)11(8)10/h6,10H,2-5,7H2,1H3,(H,20,24)(H,22,23). The van der Waals surface area contributed by atoms with Crippen LogP contribution in [0.3, 0.4) is 0 Å². The van der Waals surface area contributed by atoms with Gasteiger partial charge in [0.15, 0.2) is 17.5 Å². The van der Waals surface area contributed by atoms with Crippen molar-refractivity contribution in [1.82, 2.24) is 10.2 Å². The molecule has 2 aliphatic rings. The molecule has 0 saturated carbocycles. The molecule has 8 heteroatoms. The number of carbonyl (C=O) groups excluding carboxylic acids is 1. The fourth-order valence-corrected chi connectivity index (χ4v) is 3.38. The van der Waals surface area contributed by atoms with Crippen molar-refractivity contribution in [3.8, 4) is 0 Å². The Kier molecular flexibility index (Phi) is 3.93. The number of nitrogens with one attached hydrogen (secondary N) is 1. The van der Waals surface area contributed by atoms with Gasteiger partial charge in [0.1, 0.15) is 0 Å². The Hall–Kier alpha value is -2.25. The number of rotatable bonds is 2. The first-order chi connectivity index (χ1) is 11.2. The van der Waals surface area contributed by atoms with Crippen LogP contribution in [0, 0.1) is 22.9 Å². The van der Waals surface area contributed by atoms with Gasteiger partial charge in [-0.2, -0.15) is 0 Å². The molecule has 1 aliphatic carbocycles. The molecule has 2 amide bonds. The van der Waals surface area contributed by atoms with Gasteiger partial charge in [0.05, 0.1) is 11.5 Å². The predicted octanol–water partition coefficient (Wildman–Crippen LogP) is 2.60. The van der Waals surface area contributed by atoms with E-state index in [4.69, 9.17) is 0 Å². The van der Waals surface area contributed by atoms with Crippen molar-refractivity contribution in [1.29, 1.82) is 0 Å². The van der Waals surface area contributed by atoms with Crippen molar-refractivity contribution in [3.05, 3.63) is 34.6 Å². The van der Waals surface area contributed by atoms with E-state index in [1.54, 1.807) is 6.92 Å². The minimum atomic E-state index is -1.55. The fraction of sp³-hybridized carbons (Fsp3) is 0.500. The predicted molar refractivity (Wildman–Crippen MR) is 77.8 cm³/mol. The highest BCUT2D eigenvalue weighted by Crippen LogP contribution is 2.36. The van der Waals surface area contributed by atoms with Crippen LogP contribution in [0.4, 0.5) is 18.0 Å². The van der Waals surface area contributed by atoms with Crippen LogP contribution in [0.25, 0.3) is 0 Å². The number of aliphatic carboxylic acids is 1. The molecule has 130 valence electrons. The topological polar surface area (TPSA) is 69.6 Å². The minimum Gasteiger partial charge on any atom is -0.481 e. The lowest BCUT2D eigenvalue weighted by Gasteiger charge is -2.23. The van der Waals surface area contributed by atoms with E-state index >= 15 is 0 Å². The number of benzene rings is 1. The summed E-state index contributed by atoms with van der Waals surface area (Å²) in [4.78, 5) is 24.9. The number of urea groups is 1. The number of hydrogen-bond acceptors (Lipinski definition) is 2. The maximum Gasteiger partial charge on any atom is 0.317 e. The van der Waals surface area contributed by atoms with Crippen molar-refractivity contribution >= 4 is 12.0 Å². The molecule has 1 saturated heterocycles. The second-order valence-electron chi connectivity index (χ2n) is 6.64. The van der Waals surface area contributed by atoms with E-state index in [9.17, 15) is 27.9 Å². The molecule has 1 heterocycles. The molecule has 5 nitrogen and oxygen atoms in total. The number of likely N-dealkylation sites (tertiary alicyclic amines) is 1. The molecule has 1 fully saturated rings. The van der Waals surface area contributed by atoms with Gasteiger partial charge < -0.3 is 15.3 Å². The molecular formula is C16H17F3N2O3. The number of amides is 2. The summed E-state index contributed by atoms with van der Waals surface area (Å²) in [7, 11) is 0. The SMILES string of the molecule is CC1(C(=O)O)CCN(C(=O)NC2CCc3cc(F)c(F)c(F)c32)C1. The van der Waals surface area contributed by atoms with Gasteiger partial charge >= 0.3 is 12.0 Å². The third-order valence-electron chi connectivity index (χ3n) is 4.91. The van der Waals surface area contributed by atoms with Crippen LogP contribution in [0.15, 0.2) is 6.07 Å². The maximum atomic E-state index is 14.0. The van der Waals surface area contributed by atoms with Crippen molar-refractivity contribution < 1.29 is 27.9 Å². The number of fused-ring (bicyclic) bond motifs is 1. The molecule has 0 radical (unpaired) electrons. The average molecular weight is 342 g/mol. The molecule has 2 N–H and O–H groups in total. The van der Waals surface area contributed by atoms with Crippen molar-refractivity contribution in [3.63, 3.8) is 0 Å². The van der Waals surface area contributed by atoms with Gasteiger partial charge in [0.2, 0.25) is 0 Å². The summed E-state index contributed by atoms with van der Waals surface area (Å²) in [5.74, 6) is -5.04. The van der Waals surface area contributed by atoms with Crippen molar-refractivity contribution in [2.75, 3.05) is 13.1 Å². The second kappa shape index (κ2) is 5.68. The van der Waals surface area contributed by atoms with Crippen molar-refractivity contribution in [2.45, 2.75) is 32.2 Å². The summed E-state index contributed by atoms with van der Waals surface area (Å²) in [6.07, 6.45) is 0.997. The van der Waals surface area contributed by atoms with Crippen LogP contribution < -0.4 is 5.32 Å². The molecule has 2 unspecified atom stereocenters. The van der Waals surface area contributed by atoms with Crippen LogP contribution in [-0.4, -0.2) is 35.1 Å². The monoisotopic (exact) mass is 342 g/mol. The van der Waals surface area contributed by atoms with E-state index in [0.717, 1.165) is 6.07 Å². The molecule has 24 heavy (non-hydrogen) atoms. The molecule has 2 atom stereocenters. The zero-order valence-electron chi connectivity index (χ0n) is 13.0. The van der Waals surface area contributed by atoms with Crippen molar-refractivity contribution in [2.24, 2.45) is 5.41 Å². The first-order valence-electron chi connectivity index (χ1n) is 7.68. The number of aryl methyl sites for hydroxylation is 1. The fourth-order valence-electron chi connectivity index (χ4n) is 3.38. The molecule has 0 spiro atoms. The smallest absolute Gasteiger partial charge is 0.317 e. The van der Waals surface area contributed by atoms with Crippen LogP contribution >= 0.6 is 0 Å². The average Bonchev–Trinajstić information content (AvgIpc) is 3.10. The van der Waals surface area contributed by atoms with Gasteiger partial charge in [-0.15, -0.1) is 0 Å². The lowest BCUT2D eigenvalue weighted by molar-refractivity contribution is -0.147. The van der Waals surface area contributed by atoms with Gasteiger partial charge in [-0.25, -0.2) is 18.0 Å². The Balaban J connectivity index is 1.75. The number of carboxylic acids is 1. The summed E-state index contributed by atoms with van der Waals surface area (Å²) >= 11 is 0. The molecule has 1 aromatic rings. The summed E-state index contributed by atoms with van der Waals surface area (Å²) < 4.78 is 40.7. The maximum absolute atomic E-state index is 14.0. The van der Waals surface area contributed by atoms with Gasteiger partial charge in [-0.1, -0.05) is 0 Å². The molecule has 3 rings (SSSR count). The lowest BCUT2D eigenvalue weighted by Crippen LogP contribution is -2.42. The van der Waals surface area contributed by atoms with Gasteiger partial charge in [0.25, 0.3) is 0 Å². The highest BCUT2D eigenvalue weighted by atomic mass is 19.2. The van der Waals surface area contributed by atoms with Gasteiger partial charge in [0, 0.05) is 18.7 Å². The zero-order valence-corrected chi connectivity index (χ0v) is 13.0. The summed E-state index contributed by atoms with van der Waals surface area (Å²) in [5.41, 5.74) is -0.693. The van der Waals surface area contributed by atoms with E-state index in [1.807, 2.05) is 0 Å². The summed E-state index contributed by atoms with van der Waals surface area (Å²) in [6.45, 7) is 1.88. The molecule has 0 bridgehead atoms. The van der Waals surface area contributed by atoms with Crippen LogP contribution in [0.1, 0.15) is 36.9 Å². The Labute approximate surface area is 136 Å². The Bertz CT molecular complexity index is 725. The van der Waals surface area contributed by atoms with Crippen LogP contribution in [0.5, 0.6) is 0 Å². The first kappa shape index (κ1) is 16.6. The normalized spacial score (nSPS) is 25.7. The molecular weight excluding hydrogens is 325 g/mol. The third-order valence-corrected chi connectivity index (χ3v) is 4.91. The van der Waals surface area contributed by atoms with E-state index in [1.165, 1.54) is 4.90 Å². The second-order valence-corrected chi connectivity index (χ2v) is 6.64. The zero-order chi connectivity index (χ0) is 17.6. The molecule has 1 aliphatic heterocycles. The quantitative estimate of drug-likeness (QED) is 0.812. The number of carbonyl (C=O) groups is 2. The Morgan fingerprint density at radius 1 is 1.33 bits per heavy atom. The molecule has 0 aromatic heterocycles. The van der Waals surface area contributed by atoms with E-state index in [0.29, 0.717) is 24.8 Å². The van der Waals surface area contributed by atoms with Gasteiger partial charge in [-0.3, -0.25) is 4.79 Å². The minimum absolute atomic E-state index is 0.0255. The highest BCUT2D eigenvalue weighted by molar-refractivity contribution is 5.79. The Morgan fingerprint density at radius 2 is 2.04 bits per heavy atom. The number of halogens is 3. The van der Waals surface area contributed by atoms with Crippen LogP contribution in [0.2, 0.25) is 0 Å². The number of hydrogen-bond donors (Lipinski definition) is 2. The first-order valence-corrected chi connectivity index (χ1v) is 7.68. The third kappa shape index (κ3) is 2.59. The van der Waals surface area contributed by atoms with E-state index in [-0.39, 0.29) is 18.7 Å². The Morgan fingerprint density at radius 3 is 2.67 bits per heavy atom. The number of nitrogens with zero attached hydrogens (tertiary/aromatic N) is 1. The van der Waals surface area contributed by atoms with Crippen LogP contribution in [-0.2, 0) is 11.2 Å². The number of carboxylic acid groups (broad SMARTS) is 1. The van der Waals surface area contributed by atoms with E-state index in [2.05, 4.69) is 5.32 Å². The summed E-state index contributed by atoms with van der Waals surface area (Å²) in [5, 5.41) is 11.8. The van der Waals surface area contributed by atoms with E-state index < -0.39 is 40.9 Å². The highest BCUT2D eigenvalue weighted by Gasteiger charge is 2.43. The van der Waals surface area contributed by atoms with Gasteiger partial charge in [-0.05, 0) is 37.8 Å². The summed E-state index contributed by atoms with van der Waals surface area (Å²) in [6, 6.07) is -0.321. The lowest BCUT2D eigenvalue weighted by atomic mass is 9.90.